The largest absolute Gasteiger partial charge is 0.383 e. The second kappa shape index (κ2) is 9.04. The minimum absolute atomic E-state index is 0.210. The normalized spacial score (nSPS) is 17.7. The summed E-state index contributed by atoms with van der Waals surface area (Å²) in [6.07, 6.45) is -1.38. The summed E-state index contributed by atoms with van der Waals surface area (Å²) in [7, 11) is 1.56. The Morgan fingerprint density at radius 1 is 1.09 bits per heavy atom. The fraction of sp³-hybridized carbons (Fsp3) is 0.238. The summed E-state index contributed by atoms with van der Waals surface area (Å²) < 4.78 is 4.92. The van der Waals surface area contributed by atoms with Gasteiger partial charge in [0.05, 0.1) is 6.61 Å². The fourth-order valence-corrected chi connectivity index (χ4v) is 3.30. The first-order chi connectivity index (χ1) is 15.5. The van der Waals surface area contributed by atoms with Crippen molar-refractivity contribution in [2.45, 2.75) is 12.1 Å². The van der Waals surface area contributed by atoms with E-state index in [0.29, 0.717) is 35.8 Å². The topological polar surface area (TPSA) is 159 Å². The number of hydrogen-bond donors (Lipinski definition) is 4. The van der Waals surface area contributed by atoms with Crippen LogP contribution in [-0.4, -0.2) is 75.6 Å². The van der Waals surface area contributed by atoms with Gasteiger partial charge in [-0.1, -0.05) is 12.1 Å². The molecule has 164 valence electrons. The molecule has 1 heterocycles. The van der Waals surface area contributed by atoms with E-state index in [1.54, 1.807) is 43.5 Å². The summed E-state index contributed by atoms with van der Waals surface area (Å²) >= 11 is 0. The molecular formula is C21H20N6O5. The van der Waals surface area contributed by atoms with Gasteiger partial charge in [-0.15, -0.1) is 10.2 Å². The quantitative estimate of drug-likeness (QED) is 0.286. The van der Waals surface area contributed by atoms with Gasteiger partial charge in [-0.25, -0.2) is 0 Å². The molecule has 0 aliphatic heterocycles. The van der Waals surface area contributed by atoms with Crippen LogP contribution in [0.2, 0.25) is 0 Å². The number of H-pyrrole nitrogens is 1. The van der Waals surface area contributed by atoms with Crippen LogP contribution in [0.4, 0.5) is 5.69 Å². The number of amides is 1. The number of hydrogen-bond acceptors (Lipinski definition) is 9. The molecule has 2 unspecified atom stereocenters. The molecule has 11 nitrogen and oxygen atoms in total. The number of aliphatic hydroxyl groups excluding tert-OH is 1. The molecule has 1 saturated carbocycles. The molecule has 4 N–H and O–H groups in total. The highest BCUT2D eigenvalue weighted by atomic mass is 16.5. The zero-order valence-electron chi connectivity index (χ0n) is 17.0. The van der Waals surface area contributed by atoms with E-state index in [4.69, 9.17) is 4.74 Å². The van der Waals surface area contributed by atoms with Crippen molar-refractivity contribution in [2.24, 2.45) is 0 Å². The van der Waals surface area contributed by atoms with Crippen LogP contribution in [0.25, 0.3) is 22.5 Å². The molecule has 1 fully saturated rings. The van der Waals surface area contributed by atoms with Gasteiger partial charge in [0, 0.05) is 30.5 Å². The number of tetrazole rings is 1. The molecule has 1 aliphatic carbocycles. The van der Waals surface area contributed by atoms with Gasteiger partial charge in [0.1, 0.15) is 12.1 Å². The summed E-state index contributed by atoms with van der Waals surface area (Å²) in [5, 5.41) is 29.4. The first-order valence-electron chi connectivity index (χ1n) is 9.77. The Kier molecular flexibility index (Phi) is 6.01. The van der Waals surface area contributed by atoms with E-state index in [9.17, 15) is 19.5 Å². The molecule has 2 atom stereocenters. The molecule has 1 aromatic heterocycles. The maximum atomic E-state index is 12.2. The van der Waals surface area contributed by atoms with Crippen molar-refractivity contribution in [3.05, 3.63) is 48.0 Å². The number of aliphatic hydroxyl groups is 1. The SMILES string of the molecule is COCCNC(=O)c1ccc(-c2cc(NC3C(=O)C(=O)C3O)cc(-c3nn[nH]n3)c2)cc1. The van der Waals surface area contributed by atoms with Crippen molar-refractivity contribution < 1.29 is 24.2 Å². The molecule has 32 heavy (non-hydrogen) atoms. The highest BCUT2D eigenvalue weighted by molar-refractivity contribution is 6.49. The van der Waals surface area contributed by atoms with Crippen molar-refractivity contribution >= 4 is 23.2 Å². The first-order valence-corrected chi connectivity index (χ1v) is 9.77. The van der Waals surface area contributed by atoms with Crippen LogP contribution < -0.4 is 10.6 Å². The number of ether oxygens (including phenoxy) is 1. The van der Waals surface area contributed by atoms with Gasteiger partial charge in [-0.3, -0.25) is 14.4 Å². The number of nitrogens with one attached hydrogen (secondary N) is 3. The molecule has 11 heteroatoms. The van der Waals surface area contributed by atoms with Crippen molar-refractivity contribution in [3.63, 3.8) is 0 Å². The summed E-state index contributed by atoms with van der Waals surface area (Å²) in [6.45, 7) is 0.833. The van der Waals surface area contributed by atoms with Crippen molar-refractivity contribution in [2.75, 3.05) is 25.6 Å². The Bertz CT molecular complexity index is 1150. The van der Waals surface area contributed by atoms with Crippen LogP contribution in [-0.2, 0) is 14.3 Å². The van der Waals surface area contributed by atoms with Crippen molar-refractivity contribution in [1.29, 1.82) is 0 Å². The standard InChI is InChI=1S/C21H20N6O5/c1-32-7-6-22-21(31)12-4-2-11(3-5-12)13-8-14(20-24-26-27-25-20)10-15(9-13)23-16-17(28)19(30)18(16)29/h2-5,8-10,16-17,23,28H,6-7H2,1H3,(H,22,31)(H,24,25,26,27). The summed E-state index contributed by atoms with van der Waals surface area (Å²) in [4.78, 5) is 35.3. The lowest BCUT2D eigenvalue weighted by atomic mass is 9.85. The third-order valence-corrected chi connectivity index (χ3v) is 5.04. The smallest absolute Gasteiger partial charge is 0.251 e. The van der Waals surface area contributed by atoms with Crippen LogP contribution in [0.3, 0.4) is 0 Å². The summed E-state index contributed by atoms with van der Waals surface area (Å²) in [5.74, 6) is -1.36. The van der Waals surface area contributed by atoms with E-state index >= 15 is 0 Å². The van der Waals surface area contributed by atoms with Gasteiger partial charge in [0.2, 0.25) is 17.4 Å². The molecule has 3 aromatic rings. The molecule has 1 aliphatic rings. The molecule has 0 radical (unpaired) electrons. The highest BCUT2D eigenvalue weighted by Crippen LogP contribution is 2.30. The predicted molar refractivity (Wildman–Crippen MR) is 113 cm³/mol. The predicted octanol–water partition coefficient (Wildman–Crippen LogP) is 0.203. The molecule has 2 aromatic carbocycles. The van der Waals surface area contributed by atoms with Crippen LogP contribution in [0, 0.1) is 0 Å². The van der Waals surface area contributed by atoms with Gasteiger partial charge in [0.15, 0.2) is 0 Å². The zero-order chi connectivity index (χ0) is 22.7. The number of aromatic amines is 1. The molecule has 0 saturated heterocycles. The number of rotatable bonds is 8. The Morgan fingerprint density at radius 3 is 2.50 bits per heavy atom. The van der Waals surface area contributed by atoms with E-state index < -0.39 is 23.7 Å². The van der Waals surface area contributed by atoms with Gasteiger partial charge in [-0.2, -0.15) is 5.21 Å². The average molecular weight is 436 g/mol. The van der Waals surface area contributed by atoms with E-state index in [-0.39, 0.29) is 5.91 Å². The number of ketones is 2. The molecular weight excluding hydrogens is 416 g/mol. The van der Waals surface area contributed by atoms with Crippen LogP contribution in [0.5, 0.6) is 0 Å². The number of nitrogens with zero attached hydrogens (tertiary/aromatic N) is 3. The van der Waals surface area contributed by atoms with Gasteiger partial charge >= 0.3 is 0 Å². The number of carbonyl (C=O) groups excluding carboxylic acids is 3. The number of benzene rings is 2. The number of Topliss-reactive ketones (excluding diaryl/α,β-unsaturated/α-hetero) is 2. The molecule has 0 bridgehead atoms. The van der Waals surface area contributed by atoms with E-state index in [1.165, 1.54) is 0 Å². The van der Waals surface area contributed by atoms with Gasteiger partial charge in [0.25, 0.3) is 5.91 Å². The Hall–Kier alpha value is -3.96. The molecule has 4 rings (SSSR count). The summed E-state index contributed by atoms with van der Waals surface area (Å²) in [5.41, 5.74) is 3.14. The molecule has 1 amide bonds. The second-order valence-electron chi connectivity index (χ2n) is 7.16. The Labute approximate surface area is 182 Å². The number of aromatic nitrogens is 4. The van der Waals surface area contributed by atoms with Crippen LogP contribution in [0.1, 0.15) is 10.4 Å². The van der Waals surface area contributed by atoms with Gasteiger partial charge < -0.3 is 20.5 Å². The van der Waals surface area contributed by atoms with E-state index in [1.807, 2.05) is 6.07 Å². The Morgan fingerprint density at radius 2 is 1.84 bits per heavy atom. The minimum Gasteiger partial charge on any atom is -0.383 e. The molecule has 0 spiro atoms. The maximum absolute atomic E-state index is 12.2. The number of methoxy groups -OCH3 is 1. The number of anilines is 1. The summed E-state index contributed by atoms with van der Waals surface area (Å²) in [6, 6.07) is 11.2. The van der Waals surface area contributed by atoms with Gasteiger partial charge in [-0.05, 0) is 46.7 Å². The lowest BCUT2D eigenvalue weighted by Gasteiger charge is -2.30. The average Bonchev–Trinajstić information content (AvgIpc) is 3.37. The van der Waals surface area contributed by atoms with Crippen molar-refractivity contribution in [3.8, 4) is 22.5 Å². The third-order valence-electron chi connectivity index (χ3n) is 5.04. The van der Waals surface area contributed by atoms with Crippen LogP contribution in [0.15, 0.2) is 42.5 Å². The third kappa shape index (κ3) is 4.24. The highest BCUT2D eigenvalue weighted by Gasteiger charge is 2.48. The second-order valence-corrected chi connectivity index (χ2v) is 7.16. The van der Waals surface area contributed by atoms with Crippen molar-refractivity contribution in [1.82, 2.24) is 25.9 Å². The first kappa shape index (κ1) is 21.3. The van der Waals surface area contributed by atoms with E-state index in [0.717, 1.165) is 11.1 Å². The maximum Gasteiger partial charge on any atom is 0.251 e. The van der Waals surface area contributed by atoms with E-state index in [2.05, 4.69) is 31.3 Å². The lowest BCUT2D eigenvalue weighted by molar-refractivity contribution is -0.152. The van der Waals surface area contributed by atoms with Crippen LogP contribution >= 0.6 is 0 Å². The fourth-order valence-electron chi connectivity index (χ4n) is 3.30. The lowest BCUT2D eigenvalue weighted by Crippen LogP contribution is -2.61. The number of carbonyl (C=O) groups is 3. The monoisotopic (exact) mass is 436 g/mol. The zero-order valence-corrected chi connectivity index (χ0v) is 17.0. The minimum atomic E-state index is -1.38. The Balaban J connectivity index is 1.61.